The van der Waals surface area contributed by atoms with Gasteiger partial charge in [-0.05, 0) is 19.4 Å². The van der Waals surface area contributed by atoms with Gasteiger partial charge in [-0.1, -0.05) is 0 Å². The molecule has 0 saturated carbocycles. The summed E-state index contributed by atoms with van der Waals surface area (Å²) in [5, 5.41) is 34.2. The summed E-state index contributed by atoms with van der Waals surface area (Å²) in [6, 6.07) is 0. The Morgan fingerprint density at radius 2 is 1.27 bits per heavy atom. The average molecular weight is 324 g/mol. The fourth-order valence-electron chi connectivity index (χ4n) is 1.89. The van der Waals surface area contributed by atoms with Gasteiger partial charge in [0.2, 0.25) is 0 Å². The van der Waals surface area contributed by atoms with Gasteiger partial charge in [0.1, 0.15) is 0 Å². The van der Waals surface area contributed by atoms with E-state index in [1.165, 1.54) is 4.90 Å². The van der Waals surface area contributed by atoms with Crippen LogP contribution in [0.4, 0.5) is 0 Å². The molecule has 0 unspecified atom stereocenters. The summed E-state index contributed by atoms with van der Waals surface area (Å²) < 4.78 is 0. The van der Waals surface area contributed by atoms with Crippen LogP contribution in [0.15, 0.2) is 0 Å². The van der Waals surface area contributed by atoms with Gasteiger partial charge in [-0.15, -0.1) is 0 Å². The van der Waals surface area contributed by atoms with Crippen molar-refractivity contribution >= 4 is 11.9 Å². The van der Waals surface area contributed by atoms with E-state index < -0.39 is 11.9 Å². The van der Waals surface area contributed by atoms with E-state index in [0.717, 1.165) is 6.42 Å². The van der Waals surface area contributed by atoms with Crippen molar-refractivity contribution in [2.75, 3.05) is 52.5 Å². The molecular formula is C12H24N2O8. The van der Waals surface area contributed by atoms with E-state index >= 15 is 0 Å². The second-order valence-corrected chi connectivity index (χ2v) is 4.71. The van der Waals surface area contributed by atoms with Crippen LogP contribution in [0.2, 0.25) is 0 Å². The minimum Gasteiger partial charge on any atom is -0.480 e. The van der Waals surface area contributed by atoms with E-state index in [1.54, 1.807) is 0 Å². The Morgan fingerprint density at radius 1 is 0.727 bits per heavy atom. The summed E-state index contributed by atoms with van der Waals surface area (Å²) in [5.74, 6) is -2.18. The molecule has 0 aliphatic heterocycles. The molecule has 0 radical (unpaired) electrons. The molecule has 0 saturated heterocycles. The summed E-state index contributed by atoms with van der Waals surface area (Å²) in [6.07, 6.45) is 1.37. The number of nitrogens with zero attached hydrogens (tertiary/aromatic N) is 2. The Kier molecular flexibility index (Phi) is 12.6. The van der Waals surface area contributed by atoms with Crippen molar-refractivity contribution in [3.8, 4) is 0 Å². The van der Waals surface area contributed by atoms with E-state index in [4.69, 9.17) is 20.7 Å². The van der Waals surface area contributed by atoms with Crippen LogP contribution < -0.4 is 0 Å². The maximum absolute atomic E-state index is 10.7. The van der Waals surface area contributed by atoms with Gasteiger partial charge in [-0.2, -0.15) is 0 Å². The summed E-state index contributed by atoms with van der Waals surface area (Å²) >= 11 is 0. The van der Waals surface area contributed by atoms with Gasteiger partial charge in [-0.25, -0.2) is 9.78 Å². The Bertz CT molecular complexity index is 300. The monoisotopic (exact) mass is 324 g/mol. The lowest BCUT2D eigenvalue weighted by atomic mass is 10.3. The van der Waals surface area contributed by atoms with E-state index in [0.29, 0.717) is 26.1 Å². The maximum atomic E-state index is 10.7. The van der Waals surface area contributed by atoms with E-state index in [-0.39, 0.29) is 32.8 Å². The molecule has 0 spiro atoms. The molecule has 130 valence electrons. The first-order valence-electron chi connectivity index (χ1n) is 6.90. The molecule has 0 aliphatic carbocycles. The molecule has 4 N–H and O–H groups in total. The minimum absolute atomic E-state index is 0.0916. The second kappa shape index (κ2) is 13.4. The smallest absolute Gasteiger partial charge is 0.317 e. The first-order chi connectivity index (χ1) is 10.5. The molecule has 0 aromatic heterocycles. The van der Waals surface area contributed by atoms with Crippen molar-refractivity contribution < 1.29 is 40.1 Å². The van der Waals surface area contributed by atoms with Crippen molar-refractivity contribution in [3.05, 3.63) is 0 Å². The van der Waals surface area contributed by atoms with Crippen LogP contribution in [-0.2, 0) is 19.4 Å². The Labute approximate surface area is 128 Å². The number of aliphatic carboxylic acids is 2. The standard InChI is InChI=1S/C12H24N2O8/c15-11(16)9-14(10-12(17)18)5-4-13(6-8-22-20)3-1-2-7-21-19/h19-20H,1-10H2,(H,15,16)(H,17,18). The van der Waals surface area contributed by atoms with Crippen LogP contribution in [0.25, 0.3) is 0 Å². The van der Waals surface area contributed by atoms with Crippen LogP contribution >= 0.6 is 0 Å². The molecule has 22 heavy (non-hydrogen) atoms. The highest BCUT2D eigenvalue weighted by Gasteiger charge is 2.15. The third-order valence-electron chi connectivity index (χ3n) is 2.91. The molecular weight excluding hydrogens is 300 g/mol. The SMILES string of the molecule is O=C(O)CN(CCN(CCCCOO)CCOO)CC(=O)O. The maximum Gasteiger partial charge on any atom is 0.317 e. The van der Waals surface area contributed by atoms with Crippen molar-refractivity contribution in [3.63, 3.8) is 0 Å². The first-order valence-corrected chi connectivity index (χ1v) is 6.90. The van der Waals surface area contributed by atoms with Gasteiger partial charge in [0.05, 0.1) is 26.3 Å². The van der Waals surface area contributed by atoms with Gasteiger partial charge in [0.15, 0.2) is 0 Å². The predicted molar refractivity (Wildman–Crippen MR) is 74.5 cm³/mol. The van der Waals surface area contributed by atoms with Crippen LogP contribution in [0, 0.1) is 0 Å². The van der Waals surface area contributed by atoms with Gasteiger partial charge in [0, 0.05) is 19.6 Å². The van der Waals surface area contributed by atoms with Gasteiger partial charge >= 0.3 is 11.9 Å². The fraction of sp³-hybridized carbons (Fsp3) is 0.833. The number of carboxylic acid groups (broad SMARTS) is 2. The summed E-state index contributed by atoms with van der Waals surface area (Å²) in [5.41, 5.74) is 0. The van der Waals surface area contributed by atoms with E-state index in [2.05, 4.69) is 9.78 Å². The average Bonchev–Trinajstić information content (AvgIpc) is 2.44. The Morgan fingerprint density at radius 3 is 1.77 bits per heavy atom. The van der Waals surface area contributed by atoms with Crippen molar-refractivity contribution in [2.24, 2.45) is 0 Å². The highest BCUT2D eigenvalue weighted by atomic mass is 17.1. The topological polar surface area (TPSA) is 140 Å². The molecule has 0 rings (SSSR count). The molecule has 0 aromatic rings. The van der Waals surface area contributed by atoms with Crippen molar-refractivity contribution in [2.45, 2.75) is 12.8 Å². The largest absolute Gasteiger partial charge is 0.480 e. The normalized spacial score (nSPS) is 11.3. The highest BCUT2D eigenvalue weighted by molar-refractivity contribution is 5.72. The fourth-order valence-corrected chi connectivity index (χ4v) is 1.89. The predicted octanol–water partition coefficient (Wildman–Crippen LogP) is -0.481. The van der Waals surface area contributed by atoms with Crippen LogP contribution in [0.5, 0.6) is 0 Å². The second-order valence-electron chi connectivity index (χ2n) is 4.71. The van der Waals surface area contributed by atoms with Crippen LogP contribution in [0.3, 0.4) is 0 Å². The summed E-state index contributed by atoms with van der Waals surface area (Å²) in [4.78, 5) is 32.6. The minimum atomic E-state index is -1.09. The third kappa shape index (κ3) is 12.4. The molecule has 0 bridgehead atoms. The molecule has 10 heteroatoms. The van der Waals surface area contributed by atoms with Gasteiger partial charge in [-0.3, -0.25) is 29.9 Å². The molecule has 10 nitrogen and oxygen atoms in total. The lowest BCUT2D eigenvalue weighted by Crippen LogP contribution is -2.41. The molecule has 0 fully saturated rings. The molecule has 0 aliphatic rings. The van der Waals surface area contributed by atoms with Crippen molar-refractivity contribution in [1.82, 2.24) is 9.80 Å². The zero-order valence-corrected chi connectivity index (χ0v) is 12.4. The van der Waals surface area contributed by atoms with Crippen molar-refractivity contribution in [1.29, 1.82) is 0 Å². The van der Waals surface area contributed by atoms with Gasteiger partial charge < -0.3 is 10.2 Å². The zero-order valence-electron chi connectivity index (χ0n) is 12.4. The first kappa shape index (κ1) is 20.7. The van der Waals surface area contributed by atoms with E-state index in [9.17, 15) is 9.59 Å². The Hall–Kier alpha value is -1.30. The number of hydrogen-bond acceptors (Lipinski definition) is 8. The number of unbranched alkanes of at least 4 members (excludes halogenated alkanes) is 1. The molecule has 0 amide bonds. The number of carboxylic acids is 2. The number of hydrogen-bond donors (Lipinski definition) is 4. The summed E-state index contributed by atoms with van der Waals surface area (Å²) in [7, 11) is 0. The Balaban J connectivity index is 4.27. The highest BCUT2D eigenvalue weighted by Crippen LogP contribution is 1.98. The molecule has 0 heterocycles. The zero-order chi connectivity index (χ0) is 16.8. The van der Waals surface area contributed by atoms with Crippen LogP contribution in [0.1, 0.15) is 12.8 Å². The summed E-state index contributed by atoms with van der Waals surface area (Å²) in [6.45, 7) is 1.35. The number of rotatable bonds is 15. The van der Waals surface area contributed by atoms with E-state index in [1.807, 2.05) is 4.90 Å². The molecule has 0 aromatic carbocycles. The molecule has 0 atom stereocenters. The quantitative estimate of drug-likeness (QED) is 0.177. The lowest BCUT2D eigenvalue weighted by molar-refractivity contribution is -0.245. The third-order valence-corrected chi connectivity index (χ3v) is 2.91. The number of carbonyl (C=O) groups is 2. The lowest BCUT2D eigenvalue weighted by Gasteiger charge is -2.25. The van der Waals surface area contributed by atoms with Gasteiger partial charge in [0.25, 0.3) is 0 Å². The van der Waals surface area contributed by atoms with Crippen LogP contribution in [-0.4, -0.2) is 94.9 Å².